The van der Waals surface area contributed by atoms with E-state index in [2.05, 4.69) is 10.4 Å². The molecule has 4 fully saturated rings. The molecule has 1 aromatic heterocycles. The second kappa shape index (κ2) is 5.60. The molecule has 4 bridgehead atoms. The molecule has 5 rings (SSSR count). The summed E-state index contributed by atoms with van der Waals surface area (Å²) in [7, 11) is 1.73. The van der Waals surface area contributed by atoms with Gasteiger partial charge in [-0.25, -0.2) is 4.79 Å². The molecule has 1 N–H and O–H groups in total. The molecular weight excluding hydrogens is 306 g/mol. The Morgan fingerprint density at radius 3 is 2.38 bits per heavy atom. The average Bonchev–Trinajstić information content (AvgIpc) is 2.87. The van der Waals surface area contributed by atoms with Crippen LogP contribution in [0.5, 0.6) is 0 Å². The largest absolute Gasteiger partial charge is 0.462 e. The number of esters is 1. The van der Waals surface area contributed by atoms with E-state index in [1.807, 2.05) is 0 Å². The van der Waals surface area contributed by atoms with Crippen molar-refractivity contribution in [2.24, 2.45) is 30.2 Å². The number of aromatic nitrogens is 2. The summed E-state index contributed by atoms with van der Waals surface area (Å²) in [4.78, 5) is 25.2. The van der Waals surface area contributed by atoms with Gasteiger partial charge in [0.1, 0.15) is 11.4 Å². The molecule has 4 aliphatic carbocycles. The van der Waals surface area contributed by atoms with E-state index in [0.717, 1.165) is 19.3 Å². The van der Waals surface area contributed by atoms with Crippen molar-refractivity contribution < 1.29 is 14.3 Å². The van der Waals surface area contributed by atoms with Crippen molar-refractivity contribution in [1.29, 1.82) is 0 Å². The molecule has 0 saturated heterocycles. The Morgan fingerprint density at radius 1 is 1.25 bits per heavy atom. The summed E-state index contributed by atoms with van der Waals surface area (Å²) in [5.41, 5.74) is 0.0859. The Hall–Kier alpha value is -1.85. The standard InChI is InChI=1S/C18H25N3O3/c1-3-24-16(22)14-10-19-21(2)15(14)20-17(23)18-7-11-4-12(8-18)6-13(5-11)9-18/h10-13H,3-9H2,1-2H3,(H,20,23). The number of aryl methyl sites for hydroxylation is 1. The molecule has 0 unspecified atom stereocenters. The molecule has 4 aliphatic rings. The quantitative estimate of drug-likeness (QED) is 0.861. The topological polar surface area (TPSA) is 73.2 Å². The zero-order valence-corrected chi connectivity index (χ0v) is 14.4. The molecule has 1 heterocycles. The fourth-order valence-corrected chi connectivity index (χ4v) is 5.57. The maximum absolute atomic E-state index is 13.1. The van der Waals surface area contributed by atoms with Crippen molar-refractivity contribution >= 4 is 17.7 Å². The van der Waals surface area contributed by atoms with Crippen LogP contribution in [0.15, 0.2) is 6.20 Å². The van der Waals surface area contributed by atoms with Gasteiger partial charge < -0.3 is 10.1 Å². The van der Waals surface area contributed by atoms with E-state index in [-0.39, 0.29) is 11.3 Å². The molecule has 24 heavy (non-hydrogen) atoms. The smallest absolute Gasteiger partial charge is 0.343 e. The summed E-state index contributed by atoms with van der Waals surface area (Å²) in [6.45, 7) is 2.07. The predicted octanol–water partition coefficient (Wildman–Crippen LogP) is 2.75. The Labute approximate surface area is 141 Å². The van der Waals surface area contributed by atoms with Gasteiger partial charge in [-0.2, -0.15) is 5.10 Å². The fourth-order valence-electron chi connectivity index (χ4n) is 5.57. The monoisotopic (exact) mass is 331 g/mol. The molecule has 0 aromatic carbocycles. The summed E-state index contributed by atoms with van der Waals surface area (Å²) in [6.07, 6.45) is 8.35. The first-order valence-corrected chi connectivity index (χ1v) is 9.01. The zero-order chi connectivity index (χ0) is 16.9. The van der Waals surface area contributed by atoms with Crippen LogP contribution >= 0.6 is 0 Å². The SMILES string of the molecule is CCOC(=O)c1cnn(C)c1NC(=O)C12CC3CC(CC(C3)C1)C2. The summed E-state index contributed by atoms with van der Waals surface area (Å²) < 4.78 is 6.62. The number of nitrogens with one attached hydrogen (secondary N) is 1. The molecule has 1 aromatic rings. The van der Waals surface area contributed by atoms with Crippen LogP contribution in [-0.4, -0.2) is 28.3 Å². The van der Waals surface area contributed by atoms with Crippen molar-refractivity contribution in [2.45, 2.75) is 45.4 Å². The number of carbonyl (C=O) groups is 2. The molecule has 6 nitrogen and oxygen atoms in total. The Morgan fingerprint density at radius 2 is 1.83 bits per heavy atom. The highest BCUT2D eigenvalue weighted by molar-refractivity contribution is 6.02. The van der Waals surface area contributed by atoms with Crippen LogP contribution in [0.25, 0.3) is 0 Å². The van der Waals surface area contributed by atoms with Gasteiger partial charge in [-0.05, 0) is 63.2 Å². The number of hydrogen-bond donors (Lipinski definition) is 1. The molecule has 0 aliphatic heterocycles. The van der Waals surface area contributed by atoms with E-state index in [1.54, 1.807) is 18.7 Å². The Bertz CT molecular complexity index is 644. The minimum atomic E-state index is -0.439. The maximum atomic E-state index is 13.1. The first kappa shape index (κ1) is 15.7. The lowest BCUT2D eigenvalue weighted by Crippen LogP contribution is -2.52. The van der Waals surface area contributed by atoms with E-state index < -0.39 is 5.97 Å². The molecule has 4 saturated carbocycles. The number of anilines is 1. The molecular formula is C18H25N3O3. The third kappa shape index (κ3) is 2.43. The molecule has 0 atom stereocenters. The van der Waals surface area contributed by atoms with Crippen LogP contribution in [-0.2, 0) is 16.6 Å². The molecule has 130 valence electrons. The summed E-state index contributed by atoms with van der Waals surface area (Å²) >= 11 is 0. The number of carbonyl (C=O) groups excluding carboxylic acids is 2. The second-order valence-electron chi connectivity index (χ2n) is 7.90. The average molecular weight is 331 g/mol. The third-order valence-corrected chi connectivity index (χ3v) is 6.19. The first-order chi connectivity index (χ1) is 11.5. The van der Waals surface area contributed by atoms with Crippen molar-refractivity contribution in [3.8, 4) is 0 Å². The third-order valence-electron chi connectivity index (χ3n) is 6.19. The first-order valence-electron chi connectivity index (χ1n) is 9.01. The van der Waals surface area contributed by atoms with Crippen molar-refractivity contribution in [3.05, 3.63) is 11.8 Å². The Kier molecular flexibility index (Phi) is 3.66. The lowest BCUT2D eigenvalue weighted by atomic mass is 9.49. The maximum Gasteiger partial charge on any atom is 0.343 e. The van der Waals surface area contributed by atoms with Gasteiger partial charge in [0.15, 0.2) is 0 Å². The van der Waals surface area contributed by atoms with Gasteiger partial charge in [0.05, 0.1) is 18.2 Å². The fraction of sp³-hybridized carbons (Fsp3) is 0.722. The Balaban J connectivity index is 1.57. The highest BCUT2D eigenvalue weighted by Gasteiger charge is 2.54. The highest BCUT2D eigenvalue weighted by atomic mass is 16.5. The van der Waals surface area contributed by atoms with Crippen molar-refractivity contribution in [3.63, 3.8) is 0 Å². The number of rotatable bonds is 4. The van der Waals surface area contributed by atoms with Gasteiger partial charge in [-0.1, -0.05) is 0 Å². The van der Waals surface area contributed by atoms with Gasteiger partial charge in [-0.15, -0.1) is 0 Å². The van der Waals surface area contributed by atoms with Crippen LogP contribution in [0.1, 0.15) is 55.8 Å². The molecule has 6 heteroatoms. The lowest BCUT2D eigenvalue weighted by molar-refractivity contribution is -0.140. The summed E-state index contributed by atoms with van der Waals surface area (Å²) in [5.74, 6) is 2.20. The van der Waals surface area contributed by atoms with Crippen LogP contribution in [0.2, 0.25) is 0 Å². The van der Waals surface area contributed by atoms with Crippen LogP contribution < -0.4 is 5.32 Å². The number of nitrogens with zero attached hydrogens (tertiary/aromatic N) is 2. The van der Waals surface area contributed by atoms with Crippen LogP contribution in [0.4, 0.5) is 5.82 Å². The van der Waals surface area contributed by atoms with Crippen LogP contribution in [0, 0.1) is 23.2 Å². The highest BCUT2D eigenvalue weighted by Crippen LogP contribution is 2.60. The second-order valence-corrected chi connectivity index (χ2v) is 7.90. The van der Waals surface area contributed by atoms with Gasteiger partial charge in [0, 0.05) is 7.05 Å². The predicted molar refractivity (Wildman–Crippen MR) is 88.4 cm³/mol. The minimum absolute atomic E-state index is 0.0655. The normalized spacial score (nSPS) is 33.5. The number of ether oxygens (including phenoxy) is 1. The summed E-state index contributed by atoms with van der Waals surface area (Å²) in [6, 6.07) is 0. The van der Waals surface area contributed by atoms with Crippen molar-refractivity contribution in [2.75, 3.05) is 11.9 Å². The lowest BCUT2D eigenvalue weighted by Gasteiger charge is -2.55. The minimum Gasteiger partial charge on any atom is -0.462 e. The molecule has 0 spiro atoms. The zero-order valence-electron chi connectivity index (χ0n) is 14.4. The number of hydrogen-bond acceptors (Lipinski definition) is 4. The van der Waals surface area contributed by atoms with Crippen LogP contribution in [0.3, 0.4) is 0 Å². The van der Waals surface area contributed by atoms with Gasteiger partial charge in [0.25, 0.3) is 0 Å². The van der Waals surface area contributed by atoms with E-state index in [1.165, 1.54) is 25.5 Å². The van der Waals surface area contributed by atoms with Crippen molar-refractivity contribution in [1.82, 2.24) is 9.78 Å². The number of amides is 1. The summed E-state index contributed by atoms with van der Waals surface area (Å²) in [5, 5.41) is 7.14. The van der Waals surface area contributed by atoms with Gasteiger partial charge >= 0.3 is 5.97 Å². The molecule has 0 radical (unpaired) electrons. The van der Waals surface area contributed by atoms with Gasteiger partial charge in [0.2, 0.25) is 5.91 Å². The molecule has 1 amide bonds. The van der Waals surface area contributed by atoms with Gasteiger partial charge in [-0.3, -0.25) is 9.48 Å². The van der Waals surface area contributed by atoms with E-state index in [0.29, 0.717) is 35.7 Å². The van der Waals surface area contributed by atoms with E-state index in [4.69, 9.17) is 4.74 Å². The van der Waals surface area contributed by atoms with E-state index >= 15 is 0 Å². The van der Waals surface area contributed by atoms with E-state index in [9.17, 15) is 9.59 Å².